The predicted molar refractivity (Wildman–Crippen MR) is 126 cm³/mol. The molecule has 0 atom stereocenters. The van der Waals surface area contributed by atoms with Gasteiger partial charge in [-0.15, -0.1) is 22.7 Å². The molecular weight excluding hydrogens is 410 g/mol. The van der Waals surface area contributed by atoms with Gasteiger partial charge in [0.25, 0.3) is 0 Å². The second-order valence-corrected chi connectivity index (χ2v) is 9.46. The SMILES string of the molecule is CN1c2ccc(C#Cc3cccs3)cc2Sc2cc(C#Cc3cccs3)ccc21. The highest BCUT2D eigenvalue weighted by Crippen LogP contribution is 2.47. The van der Waals surface area contributed by atoms with Crippen LogP contribution in [0.3, 0.4) is 0 Å². The summed E-state index contributed by atoms with van der Waals surface area (Å²) in [5.41, 5.74) is 4.49. The topological polar surface area (TPSA) is 3.24 Å². The summed E-state index contributed by atoms with van der Waals surface area (Å²) in [4.78, 5) is 6.87. The first-order chi connectivity index (χ1) is 14.3. The second kappa shape index (κ2) is 7.85. The highest BCUT2D eigenvalue weighted by Gasteiger charge is 2.21. The quantitative estimate of drug-likeness (QED) is 0.284. The molecule has 5 rings (SSSR count). The monoisotopic (exact) mass is 425 g/mol. The van der Waals surface area contributed by atoms with Crippen molar-refractivity contribution in [3.63, 3.8) is 0 Å². The molecule has 0 N–H and O–H groups in total. The molecule has 0 unspecified atom stereocenters. The summed E-state index contributed by atoms with van der Waals surface area (Å²) in [6.07, 6.45) is 0. The maximum absolute atomic E-state index is 3.29. The minimum Gasteiger partial charge on any atom is -0.343 e. The Morgan fingerprint density at radius 2 is 1.17 bits per heavy atom. The molecule has 1 nitrogen and oxygen atoms in total. The van der Waals surface area contributed by atoms with Crippen molar-refractivity contribution in [3.8, 4) is 23.7 Å². The lowest BCUT2D eigenvalue weighted by Crippen LogP contribution is -2.14. The van der Waals surface area contributed by atoms with E-state index < -0.39 is 0 Å². The zero-order valence-corrected chi connectivity index (χ0v) is 18.0. The third-order valence-electron chi connectivity index (χ3n) is 4.56. The van der Waals surface area contributed by atoms with Crippen LogP contribution in [0.1, 0.15) is 20.9 Å². The van der Waals surface area contributed by atoms with Gasteiger partial charge < -0.3 is 4.90 Å². The Labute approximate surface area is 183 Å². The van der Waals surface area contributed by atoms with Gasteiger partial charge in [-0.25, -0.2) is 0 Å². The van der Waals surface area contributed by atoms with Gasteiger partial charge >= 0.3 is 0 Å². The molecule has 2 aromatic heterocycles. The van der Waals surface area contributed by atoms with Crippen molar-refractivity contribution in [2.45, 2.75) is 9.79 Å². The number of benzene rings is 2. The van der Waals surface area contributed by atoms with E-state index in [2.05, 4.69) is 82.8 Å². The highest BCUT2D eigenvalue weighted by atomic mass is 32.2. The molecule has 29 heavy (non-hydrogen) atoms. The lowest BCUT2D eigenvalue weighted by molar-refractivity contribution is 1.11. The maximum atomic E-state index is 3.29. The Hall–Kier alpha value is -2.89. The standard InChI is InChI=1S/C25H15NS3/c1-26-22-12-8-18(6-10-20-4-2-14-27-20)16-24(22)29-25-17-19(9-13-23(25)26)7-11-21-5-3-15-28-21/h2-5,8-9,12-17H,1H3. The number of hydrogen-bond acceptors (Lipinski definition) is 4. The van der Waals surface area contributed by atoms with Gasteiger partial charge in [-0.3, -0.25) is 0 Å². The zero-order chi connectivity index (χ0) is 19.6. The van der Waals surface area contributed by atoms with E-state index in [0.29, 0.717) is 0 Å². The van der Waals surface area contributed by atoms with Gasteiger partial charge in [0.1, 0.15) is 0 Å². The molecule has 0 radical (unpaired) electrons. The summed E-state index contributed by atoms with van der Waals surface area (Å²) in [6.45, 7) is 0. The first kappa shape index (κ1) is 18.2. The van der Waals surface area contributed by atoms with Crippen molar-refractivity contribution in [2.75, 3.05) is 11.9 Å². The molecule has 4 aromatic rings. The maximum Gasteiger partial charge on any atom is 0.0772 e. The van der Waals surface area contributed by atoms with E-state index >= 15 is 0 Å². The largest absolute Gasteiger partial charge is 0.343 e. The normalized spacial score (nSPS) is 11.6. The molecule has 1 aliphatic heterocycles. The molecule has 0 saturated heterocycles. The molecule has 0 amide bonds. The van der Waals surface area contributed by atoms with E-state index in [1.54, 1.807) is 34.4 Å². The molecular formula is C25H15NS3. The van der Waals surface area contributed by atoms with Gasteiger partial charge in [-0.1, -0.05) is 47.6 Å². The first-order valence-corrected chi connectivity index (χ1v) is 11.6. The number of fused-ring (bicyclic) bond motifs is 2. The first-order valence-electron chi connectivity index (χ1n) is 9.07. The smallest absolute Gasteiger partial charge is 0.0772 e. The van der Waals surface area contributed by atoms with E-state index in [4.69, 9.17) is 0 Å². The number of rotatable bonds is 0. The van der Waals surface area contributed by atoms with Gasteiger partial charge in [0.2, 0.25) is 0 Å². The summed E-state index contributed by atoms with van der Waals surface area (Å²) >= 11 is 5.13. The van der Waals surface area contributed by atoms with Crippen LogP contribution in [0.15, 0.2) is 81.2 Å². The average Bonchev–Trinajstić information content (AvgIpc) is 3.44. The van der Waals surface area contributed by atoms with Crippen LogP contribution in [0.4, 0.5) is 11.4 Å². The molecule has 0 bridgehead atoms. The molecule has 0 fully saturated rings. The summed E-state index contributed by atoms with van der Waals surface area (Å²) in [6, 6.07) is 21.0. The predicted octanol–water partition coefficient (Wildman–Crippen LogP) is 6.84. The minimum absolute atomic E-state index is 1.04. The van der Waals surface area contributed by atoms with E-state index in [-0.39, 0.29) is 0 Å². The summed E-state index contributed by atoms with van der Waals surface area (Å²) in [5, 5.41) is 4.11. The van der Waals surface area contributed by atoms with Crippen molar-refractivity contribution in [1.82, 2.24) is 0 Å². The Bertz CT molecular complexity index is 1190. The van der Waals surface area contributed by atoms with Crippen molar-refractivity contribution in [3.05, 3.63) is 92.3 Å². The van der Waals surface area contributed by atoms with E-state index in [0.717, 1.165) is 20.9 Å². The Morgan fingerprint density at radius 1 is 0.655 bits per heavy atom. The summed E-state index contributed by atoms with van der Waals surface area (Å²) < 4.78 is 0. The van der Waals surface area contributed by atoms with Crippen LogP contribution in [0, 0.1) is 23.7 Å². The lowest BCUT2D eigenvalue weighted by Gasteiger charge is -2.29. The third-order valence-corrected chi connectivity index (χ3v) is 7.23. The van der Waals surface area contributed by atoms with Gasteiger partial charge in [0.15, 0.2) is 0 Å². The summed E-state index contributed by atoms with van der Waals surface area (Å²) in [5.74, 6) is 13.1. The van der Waals surface area contributed by atoms with E-state index in [1.807, 2.05) is 24.3 Å². The second-order valence-electron chi connectivity index (χ2n) is 6.48. The number of anilines is 2. The van der Waals surface area contributed by atoms with E-state index in [1.165, 1.54) is 21.2 Å². The van der Waals surface area contributed by atoms with Crippen LogP contribution < -0.4 is 4.90 Å². The Balaban J connectivity index is 1.46. The fourth-order valence-electron chi connectivity index (χ4n) is 3.12. The zero-order valence-electron chi connectivity index (χ0n) is 15.6. The number of thiophene rings is 2. The van der Waals surface area contributed by atoms with Gasteiger partial charge in [0.05, 0.1) is 21.1 Å². The van der Waals surface area contributed by atoms with Gasteiger partial charge in [0, 0.05) is 28.0 Å². The molecule has 0 saturated carbocycles. The van der Waals surface area contributed by atoms with Gasteiger partial charge in [-0.2, -0.15) is 0 Å². The van der Waals surface area contributed by atoms with Crippen LogP contribution in [-0.4, -0.2) is 7.05 Å². The minimum atomic E-state index is 1.04. The third kappa shape index (κ3) is 3.84. The van der Waals surface area contributed by atoms with E-state index in [9.17, 15) is 0 Å². The molecule has 0 spiro atoms. The Morgan fingerprint density at radius 3 is 1.62 bits per heavy atom. The van der Waals surface area contributed by atoms with Crippen molar-refractivity contribution in [2.24, 2.45) is 0 Å². The molecule has 3 heterocycles. The average molecular weight is 426 g/mol. The number of nitrogens with zero attached hydrogens (tertiary/aromatic N) is 1. The summed E-state index contributed by atoms with van der Waals surface area (Å²) in [7, 11) is 2.12. The van der Waals surface area contributed by atoms with Crippen molar-refractivity contribution in [1.29, 1.82) is 0 Å². The van der Waals surface area contributed by atoms with Crippen LogP contribution in [0.5, 0.6) is 0 Å². The van der Waals surface area contributed by atoms with Gasteiger partial charge in [-0.05, 0) is 59.3 Å². The van der Waals surface area contributed by atoms with Crippen LogP contribution in [-0.2, 0) is 0 Å². The van der Waals surface area contributed by atoms with Crippen molar-refractivity contribution < 1.29 is 0 Å². The number of hydrogen-bond donors (Lipinski definition) is 0. The van der Waals surface area contributed by atoms with Crippen molar-refractivity contribution >= 4 is 45.8 Å². The highest BCUT2D eigenvalue weighted by molar-refractivity contribution is 7.99. The molecule has 4 heteroatoms. The Kier molecular flexibility index (Phi) is 4.92. The molecule has 138 valence electrons. The molecule has 1 aliphatic rings. The molecule has 0 aliphatic carbocycles. The fraction of sp³-hybridized carbons (Fsp3) is 0.0400. The van der Waals surface area contributed by atoms with Crippen LogP contribution in [0.2, 0.25) is 0 Å². The molecule has 2 aromatic carbocycles. The van der Waals surface area contributed by atoms with Crippen LogP contribution in [0.25, 0.3) is 0 Å². The fourth-order valence-corrected chi connectivity index (χ4v) is 5.49. The lowest BCUT2D eigenvalue weighted by atomic mass is 10.1. The van der Waals surface area contributed by atoms with Crippen LogP contribution >= 0.6 is 34.4 Å².